The predicted octanol–water partition coefficient (Wildman–Crippen LogP) is 2.33. The van der Waals surface area contributed by atoms with Gasteiger partial charge in [-0.15, -0.1) is 0 Å². The van der Waals surface area contributed by atoms with Crippen molar-refractivity contribution in [1.29, 1.82) is 0 Å². The zero-order valence-electron chi connectivity index (χ0n) is 10.9. The van der Waals surface area contributed by atoms with E-state index < -0.39 is 11.4 Å². The van der Waals surface area contributed by atoms with Crippen LogP contribution in [0.2, 0.25) is 0 Å². The highest BCUT2D eigenvalue weighted by Gasteiger charge is 2.50. The number of carbonyl (C=O) groups excluding carboxylic acids is 1. The Kier molecular flexibility index (Phi) is 4.25. The van der Waals surface area contributed by atoms with Crippen LogP contribution in [0.4, 0.5) is 0 Å². The summed E-state index contributed by atoms with van der Waals surface area (Å²) in [6.45, 7) is 0.310. The van der Waals surface area contributed by atoms with Crippen LogP contribution in [0.15, 0.2) is 0 Å². The van der Waals surface area contributed by atoms with E-state index in [9.17, 15) is 9.59 Å². The molecule has 2 saturated carbocycles. The highest BCUT2D eigenvalue weighted by atomic mass is 16.4. The third kappa shape index (κ3) is 3.47. The number of carbonyl (C=O) groups is 2. The second-order valence-corrected chi connectivity index (χ2v) is 5.90. The standard InChI is InChI=1S/C14H23NO3/c16-12(7-3-6-11-4-1-2-5-11)15-10-14(8-9-14)13(17)18/h11H,1-10H2,(H,15,16)(H,17,18). The van der Waals surface area contributed by atoms with Gasteiger partial charge >= 0.3 is 5.97 Å². The van der Waals surface area contributed by atoms with Crippen LogP contribution in [0.5, 0.6) is 0 Å². The Labute approximate surface area is 108 Å². The van der Waals surface area contributed by atoms with Gasteiger partial charge in [-0.3, -0.25) is 9.59 Å². The maximum atomic E-state index is 11.6. The summed E-state index contributed by atoms with van der Waals surface area (Å²) < 4.78 is 0. The molecule has 4 nitrogen and oxygen atoms in total. The van der Waals surface area contributed by atoms with Gasteiger partial charge in [0.1, 0.15) is 0 Å². The monoisotopic (exact) mass is 253 g/mol. The largest absolute Gasteiger partial charge is 0.481 e. The van der Waals surface area contributed by atoms with E-state index in [-0.39, 0.29) is 5.91 Å². The highest BCUT2D eigenvalue weighted by Crippen LogP contribution is 2.45. The number of carboxylic acids is 1. The van der Waals surface area contributed by atoms with Gasteiger partial charge in [0, 0.05) is 13.0 Å². The summed E-state index contributed by atoms with van der Waals surface area (Å²) in [4.78, 5) is 22.5. The van der Waals surface area contributed by atoms with E-state index in [0.717, 1.165) is 18.8 Å². The van der Waals surface area contributed by atoms with Crippen LogP contribution in [0.1, 0.15) is 57.8 Å². The molecule has 4 heteroatoms. The van der Waals surface area contributed by atoms with E-state index in [1.807, 2.05) is 0 Å². The van der Waals surface area contributed by atoms with E-state index in [1.54, 1.807) is 0 Å². The molecule has 0 bridgehead atoms. The molecule has 0 spiro atoms. The van der Waals surface area contributed by atoms with E-state index in [0.29, 0.717) is 25.8 Å². The van der Waals surface area contributed by atoms with Crippen LogP contribution in [-0.4, -0.2) is 23.5 Å². The van der Waals surface area contributed by atoms with Crippen LogP contribution in [0, 0.1) is 11.3 Å². The van der Waals surface area contributed by atoms with E-state index in [1.165, 1.54) is 25.7 Å². The number of aliphatic carboxylic acids is 1. The van der Waals surface area contributed by atoms with E-state index in [4.69, 9.17) is 5.11 Å². The topological polar surface area (TPSA) is 66.4 Å². The van der Waals surface area contributed by atoms with Crippen molar-refractivity contribution in [1.82, 2.24) is 5.32 Å². The smallest absolute Gasteiger partial charge is 0.311 e. The summed E-state index contributed by atoms with van der Waals surface area (Å²) in [5.74, 6) is 0.0703. The van der Waals surface area contributed by atoms with Crippen molar-refractivity contribution in [3.63, 3.8) is 0 Å². The first kappa shape index (κ1) is 13.4. The zero-order valence-corrected chi connectivity index (χ0v) is 10.9. The first-order valence-electron chi connectivity index (χ1n) is 7.12. The van der Waals surface area contributed by atoms with Gasteiger partial charge in [0.15, 0.2) is 0 Å². The normalized spacial score (nSPS) is 21.8. The SMILES string of the molecule is O=C(CCCC1CCCC1)NCC1(C(=O)O)CC1. The predicted molar refractivity (Wildman–Crippen MR) is 68.1 cm³/mol. The van der Waals surface area contributed by atoms with Crippen molar-refractivity contribution < 1.29 is 14.7 Å². The Bertz CT molecular complexity index is 317. The molecule has 18 heavy (non-hydrogen) atoms. The third-order valence-corrected chi connectivity index (χ3v) is 4.42. The van der Waals surface area contributed by atoms with Crippen LogP contribution in [0.3, 0.4) is 0 Å². The molecule has 0 aliphatic heterocycles. The average Bonchev–Trinajstić information content (AvgIpc) is 2.97. The maximum Gasteiger partial charge on any atom is 0.311 e. The first-order chi connectivity index (χ1) is 8.62. The van der Waals surface area contributed by atoms with E-state index >= 15 is 0 Å². The number of nitrogens with one attached hydrogen (secondary N) is 1. The Hall–Kier alpha value is -1.06. The van der Waals surface area contributed by atoms with Crippen LogP contribution >= 0.6 is 0 Å². The van der Waals surface area contributed by atoms with Crippen LogP contribution in [-0.2, 0) is 9.59 Å². The minimum absolute atomic E-state index is 0.0144. The Balaban J connectivity index is 1.56. The molecule has 0 aromatic heterocycles. The highest BCUT2D eigenvalue weighted by molar-refractivity contribution is 5.80. The molecule has 2 aliphatic rings. The molecule has 0 aromatic rings. The van der Waals surface area contributed by atoms with Crippen molar-refractivity contribution in [2.45, 2.75) is 57.8 Å². The summed E-state index contributed by atoms with van der Waals surface area (Å²) in [6, 6.07) is 0. The molecule has 2 fully saturated rings. The molecule has 0 radical (unpaired) electrons. The molecular weight excluding hydrogens is 230 g/mol. The van der Waals surface area contributed by atoms with Gasteiger partial charge in [0.25, 0.3) is 0 Å². The second kappa shape index (κ2) is 5.72. The van der Waals surface area contributed by atoms with Gasteiger partial charge in [0.2, 0.25) is 5.91 Å². The molecule has 2 N–H and O–H groups in total. The summed E-state index contributed by atoms with van der Waals surface area (Å²) in [5, 5.41) is 11.8. The van der Waals surface area contributed by atoms with Gasteiger partial charge in [-0.2, -0.15) is 0 Å². The molecule has 2 rings (SSSR count). The first-order valence-corrected chi connectivity index (χ1v) is 7.12. The number of carboxylic acid groups (broad SMARTS) is 1. The Morgan fingerprint density at radius 2 is 1.89 bits per heavy atom. The van der Waals surface area contributed by atoms with Crippen molar-refractivity contribution in [2.75, 3.05) is 6.54 Å². The van der Waals surface area contributed by atoms with Gasteiger partial charge in [-0.25, -0.2) is 0 Å². The minimum atomic E-state index is -0.770. The number of rotatable bonds is 7. The fourth-order valence-electron chi connectivity index (χ4n) is 2.82. The lowest BCUT2D eigenvalue weighted by Gasteiger charge is -2.12. The van der Waals surface area contributed by atoms with Gasteiger partial charge in [0.05, 0.1) is 5.41 Å². The summed E-state index contributed by atoms with van der Waals surface area (Å²) in [6.07, 6.45) is 9.37. The van der Waals surface area contributed by atoms with Crippen LogP contribution < -0.4 is 5.32 Å². The van der Waals surface area contributed by atoms with Crippen molar-refractivity contribution >= 4 is 11.9 Å². The minimum Gasteiger partial charge on any atom is -0.481 e. The quantitative estimate of drug-likeness (QED) is 0.731. The maximum absolute atomic E-state index is 11.6. The fraction of sp³-hybridized carbons (Fsp3) is 0.857. The molecular formula is C14H23NO3. The molecule has 0 saturated heterocycles. The number of amides is 1. The number of hydrogen-bond donors (Lipinski definition) is 2. The lowest BCUT2D eigenvalue weighted by Crippen LogP contribution is -2.34. The molecule has 102 valence electrons. The van der Waals surface area contributed by atoms with Gasteiger partial charge in [-0.05, 0) is 31.6 Å². The Morgan fingerprint density at radius 1 is 1.22 bits per heavy atom. The lowest BCUT2D eigenvalue weighted by atomic mass is 10.0. The fourth-order valence-corrected chi connectivity index (χ4v) is 2.82. The average molecular weight is 253 g/mol. The van der Waals surface area contributed by atoms with E-state index in [2.05, 4.69) is 5.32 Å². The third-order valence-electron chi connectivity index (χ3n) is 4.42. The molecule has 0 aromatic carbocycles. The van der Waals surface area contributed by atoms with Crippen molar-refractivity contribution in [3.05, 3.63) is 0 Å². The summed E-state index contributed by atoms with van der Waals surface area (Å²) >= 11 is 0. The Morgan fingerprint density at radius 3 is 2.44 bits per heavy atom. The van der Waals surface area contributed by atoms with Crippen molar-refractivity contribution in [3.8, 4) is 0 Å². The molecule has 0 atom stereocenters. The van der Waals surface area contributed by atoms with Gasteiger partial charge in [-0.1, -0.05) is 25.7 Å². The molecule has 0 heterocycles. The molecule has 1 amide bonds. The lowest BCUT2D eigenvalue weighted by molar-refractivity contribution is -0.143. The van der Waals surface area contributed by atoms with Gasteiger partial charge < -0.3 is 10.4 Å². The number of hydrogen-bond acceptors (Lipinski definition) is 2. The molecule has 0 unspecified atom stereocenters. The second-order valence-electron chi connectivity index (χ2n) is 5.90. The summed E-state index contributed by atoms with van der Waals surface area (Å²) in [5.41, 5.74) is -0.638. The van der Waals surface area contributed by atoms with Crippen molar-refractivity contribution in [2.24, 2.45) is 11.3 Å². The zero-order chi connectivity index (χ0) is 13.0. The molecule has 2 aliphatic carbocycles. The summed E-state index contributed by atoms with van der Waals surface area (Å²) in [7, 11) is 0. The van der Waals surface area contributed by atoms with Crippen LogP contribution in [0.25, 0.3) is 0 Å².